The summed E-state index contributed by atoms with van der Waals surface area (Å²) in [5.41, 5.74) is 6.88. The van der Waals surface area contributed by atoms with Crippen LogP contribution in [-0.4, -0.2) is 30.8 Å². The van der Waals surface area contributed by atoms with E-state index in [1.807, 2.05) is 13.8 Å². The maximum atomic E-state index is 12.1. The predicted molar refractivity (Wildman–Crippen MR) is 93.1 cm³/mol. The minimum atomic E-state index is -3.69. The van der Waals surface area contributed by atoms with E-state index in [-0.39, 0.29) is 23.0 Å². The number of nitrogens with one attached hydrogen (secondary N) is 3. The van der Waals surface area contributed by atoms with Gasteiger partial charge < -0.3 is 0 Å². The highest BCUT2D eigenvalue weighted by Gasteiger charge is 2.14. The smallest absolute Gasteiger partial charge is 0.267 e. The van der Waals surface area contributed by atoms with Crippen LogP contribution >= 0.6 is 0 Å². The van der Waals surface area contributed by atoms with E-state index >= 15 is 0 Å². The Balaban J connectivity index is 2.04. The third-order valence-electron chi connectivity index (χ3n) is 3.06. The molecule has 0 saturated heterocycles. The van der Waals surface area contributed by atoms with Gasteiger partial charge in [-0.1, -0.05) is 5.92 Å². The molecule has 2 aromatic rings. The first kappa shape index (κ1) is 18.4. The van der Waals surface area contributed by atoms with Crippen molar-refractivity contribution in [2.24, 2.45) is 0 Å². The van der Waals surface area contributed by atoms with E-state index in [2.05, 4.69) is 31.5 Å². The van der Waals surface area contributed by atoms with Crippen LogP contribution in [0, 0.1) is 26.2 Å². The summed E-state index contributed by atoms with van der Waals surface area (Å²) in [6.45, 7) is 3.52. The summed E-state index contributed by atoms with van der Waals surface area (Å²) in [5.74, 6) is 2.00. The Morgan fingerprint density at radius 3 is 2.32 bits per heavy atom. The maximum absolute atomic E-state index is 12.1. The number of aromatic nitrogens is 2. The molecule has 0 unspecified atom stereocenters. The summed E-state index contributed by atoms with van der Waals surface area (Å²) in [5, 5.41) is 0. The lowest BCUT2D eigenvalue weighted by atomic mass is 10.2. The minimum Gasteiger partial charge on any atom is -0.267 e. The zero-order valence-electron chi connectivity index (χ0n) is 13.7. The van der Waals surface area contributed by atoms with E-state index in [1.54, 1.807) is 6.07 Å². The topological polar surface area (TPSA) is 113 Å². The van der Waals surface area contributed by atoms with Crippen molar-refractivity contribution >= 4 is 21.9 Å². The molecule has 0 radical (unpaired) electrons. The number of hydrogen-bond acceptors (Lipinski definition) is 6. The number of anilines is 1. The van der Waals surface area contributed by atoms with Gasteiger partial charge in [-0.05, 0) is 44.2 Å². The van der Waals surface area contributed by atoms with Gasteiger partial charge in [0.05, 0.1) is 11.4 Å². The van der Waals surface area contributed by atoms with Crippen LogP contribution in [0.4, 0.5) is 5.95 Å². The van der Waals surface area contributed by atoms with Crippen molar-refractivity contribution < 1.29 is 13.2 Å². The van der Waals surface area contributed by atoms with Gasteiger partial charge in [0.25, 0.3) is 5.91 Å². The van der Waals surface area contributed by atoms with Gasteiger partial charge in [0.1, 0.15) is 0 Å². The first-order valence-corrected chi connectivity index (χ1v) is 8.72. The number of hydrogen-bond donors (Lipinski definition) is 3. The number of rotatable bonds is 6. The molecule has 0 bridgehead atoms. The first-order valence-electron chi connectivity index (χ1n) is 7.23. The van der Waals surface area contributed by atoms with Gasteiger partial charge in [0, 0.05) is 17.0 Å². The summed E-state index contributed by atoms with van der Waals surface area (Å²) in [7, 11) is -3.69. The molecule has 2 rings (SSSR count). The Hall–Kier alpha value is -2.96. The van der Waals surface area contributed by atoms with Crippen molar-refractivity contribution in [3.8, 4) is 12.3 Å². The van der Waals surface area contributed by atoms with Crippen LogP contribution in [-0.2, 0) is 10.0 Å². The lowest BCUT2D eigenvalue weighted by molar-refractivity contribution is 0.0962. The molecule has 9 heteroatoms. The normalized spacial score (nSPS) is 10.8. The van der Waals surface area contributed by atoms with Crippen molar-refractivity contribution in [1.82, 2.24) is 20.1 Å². The fraction of sp³-hybridized carbons (Fsp3) is 0.188. The van der Waals surface area contributed by atoms with Crippen molar-refractivity contribution in [3.05, 3.63) is 47.3 Å². The highest BCUT2D eigenvalue weighted by molar-refractivity contribution is 7.89. The fourth-order valence-electron chi connectivity index (χ4n) is 1.97. The zero-order chi connectivity index (χ0) is 18.4. The van der Waals surface area contributed by atoms with Crippen molar-refractivity contribution in [3.63, 3.8) is 0 Å². The molecule has 25 heavy (non-hydrogen) atoms. The van der Waals surface area contributed by atoms with E-state index < -0.39 is 15.9 Å². The highest BCUT2D eigenvalue weighted by Crippen LogP contribution is 2.10. The summed E-state index contributed by atoms with van der Waals surface area (Å²) < 4.78 is 26.1. The zero-order valence-corrected chi connectivity index (χ0v) is 14.5. The number of benzene rings is 1. The third-order valence-corrected chi connectivity index (χ3v) is 4.48. The summed E-state index contributed by atoms with van der Waals surface area (Å²) >= 11 is 0. The first-order chi connectivity index (χ1) is 11.8. The molecule has 0 fully saturated rings. The largest absolute Gasteiger partial charge is 0.269 e. The van der Waals surface area contributed by atoms with E-state index in [9.17, 15) is 13.2 Å². The molecule has 0 saturated carbocycles. The molecule has 0 spiro atoms. The summed E-state index contributed by atoms with van der Waals surface area (Å²) in [6, 6.07) is 7.23. The van der Waals surface area contributed by atoms with Crippen LogP contribution in [0.1, 0.15) is 21.7 Å². The Morgan fingerprint density at radius 2 is 1.76 bits per heavy atom. The van der Waals surface area contributed by atoms with Crippen LogP contribution in [0.3, 0.4) is 0 Å². The van der Waals surface area contributed by atoms with Gasteiger partial charge >= 0.3 is 0 Å². The maximum Gasteiger partial charge on any atom is 0.269 e. The molecular formula is C16H17N5O3S. The SMILES string of the molecule is C#CCNS(=O)(=O)c1ccc(C(=O)NNc2nc(C)cc(C)n2)cc1. The Labute approximate surface area is 146 Å². The average molecular weight is 359 g/mol. The molecule has 1 amide bonds. The fourth-order valence-corrected chi connectivity index (χ4v) is 2.91. The molecule has 1 aromatic heterocycles. The molecule has 1 heterocycles. The number of sulfonamides is 1. The van der Waals surface area contributed by atoms with Gasteiger partial charge in [-0.2, -0.15) is 4.72 Å². The van der Waals surface area contributed by atoms with Gasteiger partial charge in [-0.15, -0.1) is 6.42 Å². The lowest BCUT2D eigenvalue weighted by Gasteiger charge is -2.09. The molecule has 8 nitrogen and oxygen atoms in total. The molecule has 0 atom stereocenters. The number of amides is 1. The van der Waals surface area contributed by atoms with Crippen molar-refractivity contribution in [2.45, 2.75) is 18.7 Å². The van der Waals surface area contributed by atoms with E-state index in [4.69, 9.17) is 6.42 Å². The number of carbonyl (C=O) groups is 1. The standard InChI is InChI=1S/C16H17N5O3S/c1-4-9-17-25(23,24)14-7-5-13(6-8-14)15(22)20-21-16-18-11(2)10-12(3)19-16/h1,5-8,10,17H,9H2,2-3H3,(H,20,22)(H,18,19,21). The molecule has 0 aliphatic rings. The van der Waals surface area contributed by atoms with Gasteiger partial charge in [-0.25, -0.2) is 18.4 Å². The van der Waals surface area contributed by atoms with E-state index in [0.717, 1.165) is 11.4 Å². The number of hydrazine groups is 1. The second-order valence-electron chi connectivity index (χ2n) is 5.11. The molecule has 0 aliphatic carbocycles. The van der Waals surface area contributed by atoms with E-state index in [0.29, 0.717) is 0 Å². The van der Waals surface area contributed by atoms with Gasteiger partial charge in [0.2, 0.25) is 16.0 Å². The Bertz CT molecular complexity index is 898. The van der Waals surface area contributed by atoms with Crippen LogP contribution in [0.15, 0.2) is 35.2 Å². The predicted octanol–water partition coefficient (Wildman–Crippen LogP) is 0.762. The van der Waals surface area contributed by atoms with Gasteiger partial charge in [-0.3, -0.25) is 15.6 Å². The summed E-state index contributed by atoms with van der Waals surface area (Å²) in [4.78, 5) is 20.4. The molecule has 3 N–H and O–H groups in total. The van der Waals surface area contributed by atoms with Crippen LogP contribution in [0.5, 0.6) is 0 Å². The molecular weight excluding hydrogens is 342 g/mol. The van der Waals surface area contributed by atoms with Crippen molar-refractivity contribution in [2.75, 3.05) is 12.0 Å². The number of terminal acetylenes is 1. The van der Waals surface area contributed by atoms with Crippen molar-refractivity contribution in [1.29, 1.82) is 0 Å². The Kier molecular flexibility index (Phi) is 5.69. The number of nitrogens with zero attached hydrogens (tertiary/aromatic N) is 2. The second kappa shape index (κ2) is 7.74. The molecule has 0 aliphatic heterocycles. The number of aryl methyl sites for hydroxylation is 2. The Morgan fingerprint density at radius 1 is 1.16 bits per heavy atom. The van der Waals surface area contributed by atoms with Gasteiger partial charge in [0.15, 0.2) is 0 Å². The molecule has 130 valence electrons. The van der Waals surface area contributed by atoms with Crippen LogP contribution in [0.2, 0.25) is 0 Å². The van der Waals surface area contributed by atoms with Crippen LogP contribution in [0.25, 0.3) is 0 Å². The highest BCUT2D eigenvalue weighted by atomic mass is 32.2. The van der Waals surface area contributed by atoms with E-state index in [1.165, 1.54) is 24.3 Å². The molecule has 1 aromatic carbocycles. The van der Waals surface area contributed by atoms with Crippen LogP contribution < -0.4 is 15.6 Å². The quantitative estimate of drug-likeness (QED) is 0.518. The monoisotopic (exact) mass is 359 g/mol. The third kappa shape index (κ3) is 5.00. The lowest BCUT2D eigenvalue weighted by Crippen LogP contribution is -2.30. The second-order valence-corrected chi connectivity index (χ2v) is 6.87. The summed E-state index contributed by atoms with van der Waals surface area (Å²) in [6.07, 6.45) is 5.03. The average Bonchev–Trinajstić information content (AvgIpc) is 2.57. The minimum absolute atomic E-state index is 0.0184. The number of carbonyl (C=O) groups excluding carboxylic acids is 1.